The first kappa shape index (κ1) is 12.0. The molecular formula is C14H20OS. The van der Waals surface area contributed by atoms with Crippen LogP contribution < -0.4 is 0 Å². The molecule has 1 aromatic rings. The van der Waals surface area contributed by atoms with Crippen LogP contribution in [0.4, 0.5) is 0 Å². The molecule has 1 fully saturated rings. The fraction of sp³-hybridized carbons (Fsp3) is 0.571. The van der Waals surface area contributed by atoms with Crippen LogP contribution in [0.2, 0.25) is 0 Å². The van der Waals surface area contributed by atoms with E-state index in [0.717, 1.165) is 16.6 Å². The molecule has 1 aliphatic rings. The van der Waals surface area contributed by atoms with Gasteiger partial charge in [-0.2, -0.15) is 11.8 Å². The number of rotatable bonds is 4. The van der Waals surface area contributed by atoms with Crippen LogP contribution in [0.1, 0.15) is 38.2 Å². The topological polar surface area (TPSA) is 20.2 Å². The van der Waals surface area contributed by atoms with Crippen molar-refractivity contribution in [2.45, 2.75) is 43.5 Å². The number of hydrogen-bond acceptors (Lipinski definition) is 2. The second-order valence-electron chi connectivity index (χ2n) is 4.86. The molecule has 0 heterocycles. The van der Waals surface area contributed by atoms with Crippen molar-refractivity contribution in [3.8, 4) is 0 Å². The standard InChI is InChI=1S/C14H20OS/c1-14(15,12-7-3-2-4-8-12)11-16-13-9-5-6-10-13/h2-4,7-8,13,15H,5-6,9-11H2,1H3. The summed E-state index contributed by atoms with van der Waals surface area (Å²) in [6.07, 6.45) is 5.39. The Balaban J connectivity index is 1.92. The molecular weight excluding hydrogens is 216 g/mol. The van der Waals surface area contributed by atoms with Gasteiger partial charge in [0.2, 0.25) is 0 Å². The number of benzene rings is 1. The highest BCUT2D eigenvalue weighted by Gasteiger charge is 2.25. The van der Waals surface area contributed by atoms with Gasteiger partial charge in [-0.15, -0.1) is 0 Å². The maximum Gasteiger partial charge on any atom is 0.0958 e. The summed E-state index contributed by atoms with van der Waals surface area (Å²) in [5.74, 6) is 0.807. The third-order valence-corrected chi connectivity index (χ3v) is 4.97. The quantitative estimate of drug-likeness (QED) is 0.862. The fourth-order valence-corrected chi connectivity index (χ4v) is 3.61. The van der Waals surface area contributed by atoms with Crippen LogP contribution in [0.5, 0.6) is 0 Å². The predicted octanol–water partition coefficient (Wildman–Crippen LogP) is 3.57. The second kappa shape index (κ2) is 5.24. The Kier molecular flexibility index (Phi) is 3.93. The monoisotopic (exact) mass is 236 g/mol. The average Bonchev–Trinajstić information content (AvgIpc) is 2.81. The normalized spacial score (nSPS) is 20.9. The van der Waals surface area contributed by atoms with Gasteiger partial charge in [0.25, 0.3) is 0 Å². The summed E-state index contributed by atoms with van der Waals surface area (Å²) in [6.45, 7) is 1.92. The molecule has 2 heteroatoms. The molecule has 1 nitrogen and oxygen atoms in total. The fourth-order valence-electron chi connectivity index (χ4n) is 2.22. The Morgan fingerprint density at radius 1 is 1.25 bits per heavy atom. The minimum Gasteiger partial charge on any atom is -0.385 e. The summed E-state index contributed by atoms with van der Waals surface area (Å²) in [7, 11) is 0. The molecule has 0 spiro atoms. The molecule has 1 aliphatic carbocycles. The highest BCUT2D eigenvalue weighted by Crippen LogP contribution is 2.34. The van der Waals surface area contributed by atoms with Gasteiger partial charge >= 0.3 is 0 Å². The molecule has 1 saturated carbocycles. The first-order valence-corrected chi connectivity index (χ1v) is 7.13. The van der Waals surface area contributed by atoms with Gasteiger partial charge < -0.3 is 5.11 Å². The molecule has 0 radical (unpaired) electrons. The van der Waals surface area contributed by atoms with Crippen LogP contribution in [0, 0.1) is 0 Å². The largest absolute Gasteiger partial charge is 0.385 e. The van der Waals surface area contributed by atoms with Gasteiger partial charge in [0.05, 0.1) is 5.60 Å². The molecule has 2 rings (SSSR count). The Hall–Kier alpha value is -0.470. The van der Waals surface area contributed by atoms with Crippen molar-refractivity contribution < 1.29 is 5.11 Å². The molecule has 0 aliphatic heterocycles. The van der Waals surface area contributed by atoms with E-state index in [1.165, 1.54) is 25.7 Å². The lowest BCUT2D eigenvalue weighted by molar-refractivity contribution is 0.0838. The minimum absolute atomic E-state index is 0.686. The molecule has 1 N–H and O–H groups in total. The van der Waals surface area contributed by atoms with Crippen LogP contribution in [-0.4, -0.2) is 16.1 Å². The zero-order chi connectivity index (χ0) is 11.4. The van der Waals surface area contributed by atoms with Gasteiger partial charge in [-0.25, -0.2) is 0 Å². The van der Waals surface area contributed by atoms with Crippen molar-refractivity contribution in [2.75, 3.05) is 5.75 Å². The van der Waals surface area contributed by atoms with E-state index in [1.807, 2.05) is 49.0 Å². The predicted molar refractivity (Wildman–Crippen MR) is 70.7 cm³/mol. The smallest absolute Gasteiger partial charge is 0.0958 e. The third-order valence-electron chi connectivity index (χ3n) is 3.30. The van der Waals surface area contributed by atoms with Crippen LogP contribution in [0.15, 0.2) is 30.3 Å². The highest BCUT2D eigenvalue weighted by molar-refractivity contribution is 7.99. The summed E-state index contributed by atoms with van der Waals surface area (Å²) in [5.41, 5.74) is 0.342. The maximum absolute atomic E-state index is 10.4. The van der Waals surface area contributed by atoms with Gasteiger partial charge in [0, 0.05) is 11.0 Å². The van der Waals surface area contributed by atoms with Gasteiger partial charge in [-0.05, 0) is 25.3 Å². The van der Waals surface area contributed by atoms with Crippen molar-refractivity contribution >= 4 is 11.8 Å². The average molecular weight is 236 g/mol. The van der Waals surface area contributed by atoms with Crippen LogP contribution in [-0.2, 0) is 5.60 Å². The number of aliphatic hydroxyl groups is 1. The Morgan fingerprint density at radius 2 is 1.88 bits per heavy atom. The Bertz CT molecular complexity index is 315. The maximum atomic E-state index is 10.4. The first-order chi connectivity index (χ1) is 7.68. The van der Waals surface area contributed by atoms with E-state index in [9.17, 15) is 5.11 Å². The van der Waals surface area contributed by atoms with E-state index in [0.29, 0.717) is 0 Å². The van der Waals surface area contributed by atoms with Crippen molar-refractivity contribution in [1.82, 2.24) is 0 Å². The van der Waals surface area contributed by atoms with Gasteiger partial charge in [0.1, 0.15) is 0 Å². The molecule has 1 atom stereocenters. The van der Waals surface area contributed by atoms with E-state index >= 15 is 0 Å². The SMILES string of the molecule is CC(O)(CSC1CCCC1)c1ccccc1. The third kappa shape index (κ3) is 3.02. The van der Waals surface area contributed by atoms with Crippen molar-refractivity contribution in [1.29, 1.82) is 0 Å². The lowest BCUT2D eigenvalue weighted by Crippen LogP contribution is -2.25. The van der Waals surface area contributed by atoms with Crippen molar-refractivity contribution in [3.05, 3.63) is 35.9 Å². The minimum atomic E-state index is -0.686. The molecule has 0 amide bonds. The molecule has 16 heavy (non-hydrogen) atoms. The van der Waals surface area contributed by atoms with E-state index in [4.69, 9.17) is 0 Å². The van der Waals surface area contributed by atoms with Crippen LogP contribution >= 0.6 is 11.8 Å². The van der Waals surface area contributed by atoms with Crippen molar-refractivity contribution in [2.24, 2.45) is 0 Å². The van der Waals surface area contributed by atoms with Crippen molar-refractivity contribution in [3.63, 3.8) is 0 Å². The molecule has 0 aromatic heterocycles. The van der Waals surface area contributed by atoms with Crippen LogP contribution in [0.3, 0.4) is 0 Å². The zero-order valence-corrected chi connectivity index (χ0v) is 10.7. The first-order valence-electron chi connectivity index (χ1n) is 6.08. The summed E-state index contributed by atoms with van der Waals surface area (Å²) in [4.78, 5) is 0. The summed E-state index contributed by atoms with van der Waals surface area (Å²) >= 11 is 1.94. The summed E-state index contributed by atoms with van der Waals surface area (Å²) in [6, 6.07) is 9.99. The second-order valence-corrected chi connectivity index (χ2v) is 6.15. The van der Waals surface area contributed by atoms with Gasteiger partial charge in [0.15, 0.2) is 0 Å². The van der Waals surface area contributed by atoms with Crippen LogP contribution in [0.25, 0.3) is 0 Å². The lowest BCUT2D eigenvalue weighted by atomic mass is 9.99. The number of hydrogen-bond donors (Lipinski definition) is 1. The van der Waals surface area contributed by atoms with E-state index in [-0.39, 0.29) is 0 Å². The van der Waals surface area contributed by atoms with Gasteiger partial charge in [-0.1, -0.05) is 43.2 Å². The number of thioether (sulfide) groups is 1. The molecule has 0 bridgehead atoms. The zero-order valence-electron chi connectivity index (χ0n) is 9.86. The van der Waals surface area contributed by atoms with E-state index < -0.39 is 5.60 Å². The Labute approximate surface area is 102 Å². The highest BCUT2D eigenvalue weighted by atomic mass is 32.2. The molecule has 1 aromatic carbocycles. The lowest BCUT2D eigenvalue weighted by Gasteiger charge is -2.25. The van der Waals surface area contributed by atoms with E-state index in [2.05, 4.69) is 0 Å². The molecule has 0 saturated heterocycles. The summed E-state index contributed by atoms with van der Waals surface area (Å²) < 4.78 is 0. The molecule has 1 unspecified atom stereocenters. The summed E-state index contributed by atoms with van der Waals surface area (Å²) in [5, 5.41) is 11.2. The Morgan fingerprint density at radius 3 is 2.50 bits per heavy atom. The molecule has 88 valence electrons. The van der Waals surface area contributed by atoms with Gasteiger partial charge in [-0.3, -0.25) is 0 Å². The van der Waals surface area contributed by atoms with E-state index in [1.54, 1.807) is 0 Å².